The zero-order valence-corrected chi connectivity index (χ0v) is 8.50. The molecule has 14 heavy (non-hydrogen) atoms. The summed E-state index contributed by atoms with van der Waals surface area (Å²) in [6, 6.07) is 0. The highest BCUT2D eigenvalue weighted by atomic mass is 16.7. The summed E-state index contributed by atoms with van der Waals surface area (Å²) in [7, 11) is 0. The first-order valence-electron chi connectivity index (χ1n) is 5.41. The lowest BCUT2D eigenvalue weighted by atomic mass is 9.91. The Morgan fingerprint density at radius 3 is 2.71 bits per heavy atom. The van der Waals surface area contributed by atoms with E-state index in [0.717, 1.165) is 45.3 Å². The molecule has 0 bridgehead atoms. The second-order valence-electron chi connectivity index (χ2n) is 4.00. The molecule has 0 amide bonds. The van der Waals surface area contributed by atoms with E-state index in [2.05, 4.69) is 6.08 Å². The second-order valence-corrected chi connectivity index (χ2v) is 4.00. The molecule has 1 saturated heterocycles. The minimum Gasteiger partial charge on any atom is -0.396 e. The van der Waals surface area contributed by atoms with Gasteiger partial charge in [-0.3, -0.25) is 0 Å². The Labute approximate surface area is 84.7 Å². The molecule has 0 aromatic rings. The normalized spacial score (nSPS) is 25.4. The number of aliphatic hydroxyl groups is 1. The smallest absolute Gasteiger partial charge is 0.172 e. The Kier molecular flexibility index (Phi) is 3.21. The van der Waals surface area contributed by atoms with Crippen LogP contribution >= 0.6 is 0 Å². The van der Waals surface area contributed by atoms with Gasteiger partial charge in [-0.1, -0.05) is 11.6 Å². The third kappa shape index (κ3) is 2.16. The molecule has 2 rings (SSSR count). The molecule has 0 atom stereocenters. The minimum atomic E-state index is -0.289. The van der Waals surface area contributed by atoms with Crippen LogP contribution in [0, 0.1) is 0 Å². The van der Waals surface area contributed by atoms with Gasteiger partial charge >= 0.3 is 0 Å². The first-order valence-corrected chi connectivity index (χ1v) is 5.41. The Morgan fingerprint density at radius 1 is 1.36 bits per heavy atom. The zero-order chi connectivity index (χ0) is 9.86. The predicted molar refractivity (Wildman–Crippen MR) is 52.9 cm³/mol. The summed E-state index contributed by atoms with van der Waals surface area (Å²) in [5.74, 6) is -0.289. The van der Waals surface area contributed by atoms with Crippen molar-refractivity contribution in [2.24, 2.45) is 0 Å². The fourth-order valence-corrected chi connectivity index (χ4v) is 2.15. The highest BCUT2D eigenvalue weighted by Crippen LogP contribution is 2.35. The zero-order valence-electron chi connectivity index (χ0n) is 8.50. The second kappa shape index (κ2) is 4.43. The van der Waals surface area contributed by atoms with Gasteiger partial charge in [0.2, 0.25) is 0 Å². The van der Waals surface area contributed by atoms with Crippen LogP contribution in [0.2, 0.25) is 0 Å². The summed E-state index contributed by atoms with van der Waals surface area (Å²) in [5.41, 5.74) is 1.45. The van der Waals surface area contributed by atoms with Crippen LogP contribution < -0.4 is 0 Å². The van der Waals surface area contributed by atoms with Gasteiger partial charge < -0.3 is 14.6 Å². The fourth-order valence-electron chi connectivity index (χ4n) is 2.15. The van der Waals surface area contributed by atoms with Crippen molar-refractivity contribution in [1.82, 2.24) is 0 Å². The molecule has 0 aromatic carbocycles. The van der Waals surface area contributed by atoms with Crippen LogP contribution in [-0.2, 0) is 9.47 Å². The summed E-state index contributed by atoms with van der Waals surface area (Å²) in [4.78, 5) is 0. The molecule has 0 saturated carbocycles. The number of aliphatic hydroxyl groups excluding tert-OH is 1. The molecule has 0 radical (unpaired) electrons. The van der Waals surface area contributed by atoms with Gasteiger partial charge in [0, 0.05) is 19.4 Å². The van der Waals surface area contributed by atoms with E-state index in [9.17, 15) is 0 Å². The molecule has 3 heteroatoms. The maximum atomic E-state index is 8.73. The third-order valence-corrected chi connectivity index (χ3v) is 3.00. The molecule has 3 nitrogen and oxygen atoms in total. The van der Waals surface area contributed by atoms with Crippen molar-refractivity contribution in [3.05, 3.63) is 11.6 Å². The number of hydrogen-bond donors (Lipinski definition) is 1. The maximum Gasteiger partial charge on any atom is 0.172 e. The minimum absolute atomic E-state index is 0.287. The van der Waals surface area contributed by atoms with E-state index in [0.29, 0.717) is 0 Å². The number of hydrogen-bond acceptors (Lipinski definition) is 3. The van der Waals surface area contributed by atoms with Crippen molar-refractivity contribution in [2.75, 3.05) is 19.8 Å². The van der Waals surface area contributed by atoms with E-state index in [1.807, 2.05) is 0 Å². The molecule has 0 aromatic heterocycles. The molecule has 0 unspecified atom stereocenters. The van der Waals surface area contributed by atoms with Crippen molar-refractivity contribution in [2.45, 2.75) is 37.9 Å². The molecular formula is C11H18O3. The fraction of sp³-hybridized carbons (Fsp3) is 0.818. The quantitative estimate of drug-likeness (QED) is 0.700. The molecule has 80 valence electrons. The molecule has 1 aliphatic carbocycles. The van der Waals surface area contributed by atoms with Crippen molar-refractivity contribution in [3.63, 3.8) is 0 Å². The van der Waals surface area contributed by atoms with Crippen LogP contribution in [0.3, 0.4) is 0 Å². The highest BCUT2D eigenvalue weighted by molar-refractivity contribution is 5.09. The summed E-state index contributed by atoms with van der Waals surface area (Å²) in [6.07, 6.45) is 7.04. The number of ether oxygens (including phenoxy) is 2. The average molecular weight is 198 g/mol. The summed E-state index contributed by atoms with van der Waals surface area (Å²) in [6.45, 7) is 1.76. The Bertz CT molecular complexity index is 217. The van der Waals surface area contributed by atoms with Gasteiger partial charge in [-0.25, -0.2) is 0 Å². The van der Waals surface area contributed by atoms with Gasteiger partial charge in [0.15, 0.2) is 5.79 Å². The molecule has 1 aliphatic heterocycles. The monoisotopic (exact) mass is 198 g/mol. The lowest BCUT2D eigenvalue weighted by Crippen LogP contribution is -2.31. The highest BCUT2D eigenvalue weighted by Gasteiger charge is 2.37. The van der Waals surface area contributed by atoms with E-state index in [1.54, 1.807) is 0 Å². The molecular weight excluding hydrogens is 180 g/mol. The molecule has 2 aliphatic rings. The maximum absolute atomic E-state index is 8.73. The topological polar surface area (TPSA) is 38.7 Å². The van der Waals surface area contributed by atoms with Crippen LogP contribution in [0.5, 0.6) is 0 Å². The van der Waals surface area contributed by atoms with Crippen LogP contribution in [0.15, 0.2) is 11.6 Å². The van der Waals surface area contributed by atoms with E-state index < -0.39 is 0 Å². The van der Waals surface area contributed by atoms with Crippen LogP contribution in [0.1, 0.15) is 32.1 Å². The van der Waals surface area contributed by atoms with E-state index in [-0.39, 0.29) is 12.4 Å². The number of rotatable bonds is 3. The Morgan fingerprint density at radius 2 is 2.14 bits per heavy atom. The van der Waals surface area contributed by atoms with Crippen molar-refractivity contribution >= 4 is 0 Å². The lowest BCUT2D eigenvalue weighted by Gasteiger charge is -2.30. The Balaban J connectivity index is 1.86. The predicted octanol–water partition coefficient (Wildman–Crippen LogP) is 1.61. The Hall–Kier alpha value is -0.380. The van der Waals surface area contributed by atoms with Crippen LogP contribution in [0.25, 0.3) is 0 Å². The standard InChI is InChI=1S/C11H18O3/c12-7-1-2-10-3-5-11(6-4-10)13-8-9-14-11/h3,12H,1-2,4-9H2. The SMILES string of the molecule is OCCCC1=CCC2(CC1)OCCO2. The van der Waals surface area contributed by atoms with Gasteiger partial charge in [-0.05, 0) is 19.3 Å². The van der Waals surface area contributed by atoms with Gasteiger partial charge in [-0.2, -0.15) is 0 Å². The summed E-state index contributed by atoms with van der Waals surface area (Å²) in [5, 5.41) is 8.73. The first kappa shape index (κ1) is 10.1. The van der Waals surface area contributed by atoms with Gasteiger partial charge in [0.25, 0.3) is 0 Å². The molecule has 1 heterocycles. The van der Waals surface area contributed by atoms with Crippen molar-refractivity contribution in [1.29, 1.82) is 0 Å². The number of allylic oxidation sites excluding steroid dienone is 1. The van der Waals surface area contributed by atoms with E-state index in [4.69, 9.17) is 14.6 Å². The lowest BCUT2D eigenvalue weighted by molar-refractivity contribution is -0.161. The summed E-state index contributed by atoms with van der Waals surface area (Å²) >= 11 is 0. The largest absolute Gasteiger partial charge is 0.396 e. The van der Waals surface area contributed by atoms with Gasteiger partial charge in [0.05, 0.1) is 13.2 Å². The molecule has 1 N–H and O–H groups in total. The first-order chi connectivity index (χ1) is 6.85. The van der Waals surface area contributed by atoms with Crippen molar-refractivity contribution in [3.8, 4) is 0 Å². The van der Waals surface area contributed by atoms with Gasteiger partial charge in [-0.15, -0.1) is 0 Å². The van der Waals surface area contributed by atoms with Gasteiger partial charge in [0.1, 0.15) is 0 Å². The van der Waals surface area contributed by atoms with E-state index >= 15 is 0 Å². The molecule has 1 spiro atoms. The van der Waals surface area contributed by atoms with E-state index in [1.165, 1.54) is 5.57 Å². The molecule has 1 fully saturated rings. The summed E-state index contributed by atoms with van der Waals surface area (Å²) < 4.78 is 11.2. The van der Waals surface area contributed by atoms with Crippen LogP contribution in [0.4, 0.5) is 0 Å². The van der Waals surface area contributed by atoms with Crippen LogP contribution in [-0.4, -0.2) is 30.7 Å². The third-order valence-electron chi connectivity index (χ3n) is 3.00. The average Bonchev–Trinajstić information content (AvgIpc) is 2.66. The van der Waals surface area contributed by atoms with Crippen molar-refractivity contribution < 1.29 is 14.6 Å².